The smallest absolute Gasteiger partial charge is 0.193 e. The maximum absolute atomic E-state index is 12.9. The molecule has 4 nitrogen and oxygen atoms in total. The highest BCUT2D eigenvalue weighted by Crippen LogP contribution is 2.16. The number of ether oxygens (including phenoxy) is 1. The summed E-state index contributed by atoms with van der Waals surface area (Å²) in [7, 11) is 0. The topological polar surface area (TPSA) is 55.0 Å². The van der Waals surface area contributed by atoms with Crippen LogP contribution in [0, 0.1) is 5.82 Å². The first-order valence-electron chi connectivity index (χ1n) is 7.73. The molecule has 0 atom stereocenters. The van der Waals surface area contributed by atoms with Crippen molar-refractivity contribution in [1.29, 1.82) is 0 Å². The Hall–Kier alpha value is -2.95. The van der Waals surface area contributed by atoms with Crippen molar-refractivity contribution in [2.75, 3.05) is 6.61 Å². The second kappa shape index (κ2) is 7.55. The summed E-state index contributed by atoms with van der Waals surface area (Å²) in [5.74, 6) is 0.224. The molecule has 24 heavy (non-hydrogen) atoms. The monoisotopic (exact) mass is 324 g/mol. The van der Waals surface area contributed by atoms with Crippen LogP contribution in [0.5, 0.6) is 5.75 Å². The number of aryl methyl sites for hydroxylation is 1. The Morgan fingerprint density at radius 1 is 1.04 bits per heavy atom. The van der Waals surface area contributed by atoms with Crippen LogP contribution in [0.3, 0.4) is 0 Å². The van der Waals surface area contributed by atoms with Gasteiger partial charge in [0.05, 0.1) is 12.9 Å². The number of imidazole rings is 1. The van der Waals surface area contributed by atoms with Gasteiger partial charge in [0.1, 0.15) is 11.6 Å². The summed E-state index contributed by atoms with van der Waals surface area (Å²) >= 11 is 0. The van der Waals surface area contributed by atoms with E-state index >= 15 is 0 Å². The fourth-order valence-electron chi connectivity index (χ4n) is 2.34. The molecule has 0 bridgehead atoms. The lowest BCUT2D eigenvalue weighted by molar-refractivity contribution is 0.103. The van der Waals surface area contributed by atoms with Crippen molar-refractivity contribution in [3.63, 3.8) is 0 Å². The molecule has 0 unspecified atom stereocenters. The molecule has 0 saturated carbocycles. The van der Waals surface area contributed by atoms with E-state index in [1.165, 1.54) is 24.3 Å². The Morgan fingerprint density at radius 2 is 1.71 bits per heavy atom. The molecule has 0 spiro atoms. The highest BCUT2D eigenvalue weighted by Gasteiger charge is 2.09. The van der Waals surface area contributed by atoms with Crippen molar-refractivity contribution in [2.45, 2.75) is 12.8 Å². The van der Waals surface area contributed by atoms with E-state index in [-0.39, 0.29) is 11.6 Å². The Kier molecular flexibility index (Phi) is 5.01. The number of H-pyrrole nitrogens is 1. The normalized spacial score (nSPS) is 10.5. The number of ketones is 1. The molecule has 0 aliphatic heterocycles. The van der Waals surface area contributed by atoms with Crippen LogP contribution >= 0.6 is 0 Å². The van der Waals surface area contributed by atoms with E-state index in [0.29, 0.717) is 17.7 Å². The van der Waals surface area contributed by atoms with Gasteiger partial charge in [-0.15, -0.1) is 0 Å². The second-order valence-corrected chi connectivity index (χ2v) is 5.39. The molecule has 1 heterocycles. The summed E-state index contributed by atoms with van der Waals surface area (Å²) in [6.45, 7) is 0.588. The van der Waals surface area contributed by atoms with Crippen LogP contribution < -0.4 is 4.74 Å². The van der Waals surface area contributed by atoms with Gasteiger partial charge in [0, 0.05) is 23.0 Å². The Bertz CT molecular complexity index is 781. The highest BCUT2D eigenvalue weighted by molar-refractivity contribution is 6.08. The number of benzene rings is 2. The van der Waals surface area contributed by atoms with Crippen LogP contribution in [0.1, 0.15) is 28.0 Å². The van der Waals surface area contributed by atoms with E-state index < -0.39 is 0 Å². The van der Waals surface area contributed by atoms with E-state index in [1.54, 1.807) is 36.8 Å². The molecule has 0 radical (unpaired) electrons. The van der Waals surface area contributed by atoms with Crippen molar-refractivity contribution in [2.24, 2.45) is 0 Å². The van der Waals surface area contributed by atoms with Crippen LogP contribution in [-0.2, 0) is 6.42 Å². The minimum Gasteiger partial charge on any atom is -0.494 e. The first-order chi connectivity index (χ1) is 11.7. The summed E-state index contributed by atoms with van der Waals surface area (Å²) in [5, 5.41) is 0. The van der Waals surface area contributed by atoms with Gasteiger partial charge in [0.2, 0.25) is 0 Å². The molecule has 1 aromatic heterocycles. The van der Waals surface area contributed by atoms with E-state index in [4.69, 9.17) is 4.74 Å². The van der Waals surface area contributed by atoms with Gasteiger partial charge in [-0.25, -0.2) is 9.37 Å². The van der Waals surface area contributed by atoms with Crippen LogP contribution in [-0.4, -0.2) is 22.4 Å². The van der Waals surface area contributed by atoms with Gasteiger partial charge in [-0.3, -0.25) is 4.79 Å². The summed E-state index contributed by atoms with van der Waals surface area (Å²) in [4.78, 5) is 19.3. The number of carbonyl (C=O) groups is 1. The number of aromatic nitrogens is 2. The number of nitrogens with one attached hydrogen (secondary N) is 1. The highest BCUT2D eigenvalue weighted by atomic mass is 19.1. The molecule has 0 fully saturated rings. The third-order valence-electron chi connectivity index (χ3n) is 3.64. The fourth-order valence-corrected chi connectivity index (χ4v) is 2.34. The maximum Gasteiger partial charge on any atom is 0.193 e. The number of aromatic amines is 1. The van der Waals surface area contributed by atoms with Crippen LogP contribution in [0.4, 0.5) is 4.39 Å². The van der Waals surface area contributed by atoms with E-state index in [1.807, 2.05) is 0 Å². The second-order valence-electron chi connectivity index (χ2n) is 5.39. The van der Waals surface area contributed by atoms with Crippen molar-refractivity contribution in [3.05, 3.63) is 83.7 Å². The van der Waals surface area contributed by atoms with Crippen molar-refractivity contribution in [1.82, 2.24) is 9.97 Å². The lowest BCUT2D eigenvalue weighted by Gasteiger charge is -2.07. The van der Waals surface area contributed by atoms with E-state index in [9.17, 15) is 9.18 Å². The minimum atomic E-state index is -0.356. The molecule has 1 N–H and O–H groups in total. The number of hydrogen-bond donors (Lipinski definition) is 1. The minimum absolute atomic E-state index is 0.138. The lowest BCUT2D eigenvalue weighted by Crippen LogP contribution is -2.02. The first kappa shape index (κ1) is 15.9. The van der Waals surface area contributed by atoms with Gasteiger partial charge in [0.15, 0.2) is 5.78 Å². The van der Waals surface area contributed by atoms with E-state index in [2.05, 4.69) is 9.97 Å². The number of halogens is 1. The number of rotatable bonds is 7. The predicted molar refractivity (Wildman–Crippen MR) is 88.7 cm³/mol. The van der Waals surface area contributed by atoms with Gasteiger partial charge < -0.3 is 9.72 Å². The Balaban J connectivity index is 1.53. The molecule has 0 saturated heterocycles. The number of carbonyl (C=O) groups excluding carboxylic acids is 1. The molecule has 2 aromatic carbocycles. The SMILES string of the molecule is O=C(c1ccc(F)cc1)c1ccc(OCCCc2cnc[nH]2)cc1. The Labute approximate surface area is 139 Å². The summed E-state index contributed by atoms with van der Waals surface area (Å²) in [5.41, 5.74) is 2.09. The molecule has 3 aromatic rings. The van der Waals surface area contributed by atoms with Gasteiger partial charge in [0.25, 0.3) is 0 Å². The average molecular weight is 324 g/mol. The standard InChI is InChI=1S/C19H17FN2O2/c20-16-7-3-14(4-8-16)19(23)15-5-9-18(10-6-15)24-11-1-2-17-12-21-13-22-17/h3-10,12-13H,1-2,11H2,(H,21,22). The average Bonchev–Trinajstić information content (AvgIpc) is 3.13. The molecule has 0 amide bonds. The van der Waals surface area contributed by atoms with Crippen molar-refractivity contribution < 1.29 is 13.9 Å². The third-order valence-corrected chi connectivity index (χ3v) is 3.64. The van der Waals surface area contributed by atoms with Crippen molar-refractivity contribution >= 4 is 5.78 Å². The lowest BCUT2D eigenvalue weighted by atomic mass is 10.0. The van der Waals surface area contributed by atoms with E-state index in [0.717, 1.165) is 24.3 Å². The van der Waals surface area contributed by atoms with Gasteiger partial charge in [-0.2, -0.15) is 0 Å². The first-order valence-corrected chi connectivity index (χ1v) is 7.73. The molecule has 122 valence electrons. The van der Waals surface area contributed by atoms with Crippen LogP contribution in [0.2, 0.25) is 0 Å². The quantitative estimate of drug-likeness (QED) is 0.531. The molecular weight excluding hydrogens is 307 g/mol. The molecule has 0 aliphatic rings. The van der Waals surface area contributed by atoms with Gasteiger partial charge >= 0.3 is 0 Å². The molecule has 0 aliphatic carbocycles. The molecule has 5 heteroatoms. The summed E-state index contributed by atoms with van der Waals surface area (Å²) in [6, 6.07) is 12.5. The summed E-state index contributed by atoms with van der Waals surface area (Å²) < 4.78 is 18.6. The van der Waals surface area contributed by atoms with Gasteiger partial charge in [-0.05, 0) is 61.4 Å². The predicted octanol–water partition coefficient (Wildman–Crippen LogP) is 3.79. The zero-order chi connectivity index (χ0) is 16.8. The van der Waals surface area contributed by atoms with Crippen molar-refractivity contribution in [3.8, 4) is 5.75 Å². The number of hydrogen-bond acceptors (Lipinski definition) is 3. The molecule has 3 rings (SSSR count). The third kappa shape index (κ3) is 4.07. The van der Waals surface area contributed by atoms with Crippen LogP contribution in [0.25, 0.3) is 0 Å². The Morgan fingerprint density at radius 3 is 2.33 bits per heavy atom. The zero-order valence-electron chi connectivity index (χ0n) is 13.0. The fraction of sp³-hybridized carbons (Fsp3) is 0.158. The maximum atomic E-state index is 12.9. The van der Waals surface area contributed by atoms with Gasteiger partial charge in [-0.1, -0.05) is 0 Å². The zero-order valence-corrected chi connectivity index (χ0v) is 13.0. The largest absolute Gasteiger partial charge is 0.494 e. The van der Waals surface area contributed by atoms with Crippen LogP contribution in [0.15, 0.2) is 61.1 Å². The number of nitrogens with zero attached hydrogens (tertiary/aromatic N) is 1. The molecular formula is C19H17FN2O2. The summed E-state index contributed by atoms with van der Waals surface area (Å²) in [6.07, 6.45) is 5.21.